The van der Waals surface area contributed by atoms with Gasteiger partial charge in [-0.15, -0.1) is 11.8 Å². The Kier molecular flexibility index (Phi) is 7.26. The largest absolute Gasteiger partial charge is 0.337 e. The van der Waals surface area contributed by atoms with E-state index in [1.807, 2.05) is 11.9 Å². The Hall–Kier alpha value is -1.00. The Labute approximate surface area is 133 Å². The summed E-state index contributed by atoms with van der Waals surface area (Å²) in [5.41, 5.74) is 1.24. The van der Waals surface area contributed by atoms with Crippen LogP contribution >= 0.6 is 11.8 Å². The Bertz CT molecular complexity index is 435. The lowest BCUT2D eigenvalue weighted by atomic mass is 10.2. The second-order valence-corrected chi connectivity index (χ2v) is 6.89. The zero-order valence-corrected chi connectivity index (χ0v) is 14.9. The Morgan fingerprint density at radius 1 is 1.10 bits per heavy atom. The minimum Gasteiger partial charge on any atom is -0.337 e. The van der Waals surface area contributed by atoms with Crippen molar-refractivity contribution in [1.29, 1.82) is 0 Å². The molecule has 1 amide bonds. The average molecular weight is 308 g/mol. The number of nitrogens with zero attached hydrogens (tertiary/aromatic N) is 2. The molecule has 0 aromatic heterocycles. The molecule has 1 aromatic carbocycles. The Balaban J connectivity index is 2.59. The summed E-state index contributed by atoms with van der Waals surface area (Å²) in [5, 5.41) is 0. The van der Waals surface area contributed by atoms with Gasteiger partial charge in [-0.2, -0.15) is 0 Å². The lowest BCUT2D eigenvalue weighted by Gasteiger charge is -2.32. The first-order chi connectivity index (χ1) is 9.85. The van der Waals surface area contributed by atoms with E-state index in [4.69, 9.17) is 0 Å². The second-order valence-electron chi connectivity index (χ2n) is 6.01. The maximum Gasteiger partial charge on any atom is 0.237 e. The van der Waals surface area contributed by atoms with E-state index in [2.05, 4.69) is 63.1 Å². The van der Waals surface area contributed by atoms with Gasteiger partial charge in [0.2, 0.25) is 5.91 Å². The lowest BCUT2D eigenvalue weighted by molar-refractivity contribution is -0.135. The number of carbonyl (C=O) groups excluding carboxylic acids is 1. The molecule has 0 bridgehead atoms. The maximum atomic E-state index is 12.4. The summed E-state index contributed by atoms with van der Waals surface area (Å²) >= 11 is 1.74. The highest BCUT2D eigenvalue weighted by Gasteiger charge is 2.20. The highest BCUT2D eigenvalue weighted by molar-refractivity contribution is 7.98. The van der Waals surface area contributed by atoms with Crippen molar-refractivity contribution in [2.75, 3.05) is 19.8 Å². The molecule has 0 atom stereocenters. The topological polar surface area (TPSA) is 23.6 Å². The zero-order chi connectivity index (χ0) is 16.0. The van der Waals surface area contributed by atoms with E-state index in [9.17, 15) is 4.79 Å². The average Bonchev–Trinajstić information content (AvgIpc) is 2.38. The van der Waals surface area contributed by atoms with Crippen LogP contribution in [-0.2, 0) is 11.3 Å². The van der Waals surface area contributed by atoms with Gasteiger partial charge in [-0.1, -0.05) is 12.1 Å². The summed E-state index contributed by atoms with van der Waals surface area (Å²) in [6, 6.07) is 9.01. The summed E-state index contributed by atoms with van der Waals surface area (Å²) in [4.78, 5) is 17.7. The van der Waals surface area contributed by atoms with Gasteiger partial charge in [-0.25, -0.2) is 0 Å². The molecular formula is C17H28N2OS. The van der Waals surface area contributed by atoms with Crippen LogP contribution in [-0.4, -0.2) is 47.6 Å². The number of amides is 1. The van der Waals surface area contributed by atoms with Crippen LogP contribution in [0, 0.1) is 0 Å². The highest BCUT2D eigenvalue weighted by Crippen LogP contribution is 2.15. The zero-order valence-electron chi connectivity index (χ0n) is 14.1. The van der Waals surface area contributed by atoms with Gasteiger partial charge in [0.1, 0.15) is 0 Å². The number of carbonyl (C=O) groups is 1. The van der Waals surface area contributed by atoms with E-state index in [0.717, 1.165) is 6.54 Å². The summed E-state index contributed by atoms with van der Waals surface area (Å²) in [6.45, 7) is 9.53. The van der Waals surface area contributed by atoms with Gasteiger partial charge in [-0.05, 0) is 58.7 Å². The molecule has 0 N–H and O–H groups in total. The van der Waals surface area contributed by atoms with Crippen LogP contribution in [0.1, 0.15) is 33.3 Å². The summed E-state index contributed by atoms with van der Waals surface area (Å²) in [6.07, 6.45) is 2.08. The third-order valence-corrected chi connectivity index (χ3v) is 4.16. The van der Waals surface area contributed by atoms with E-state index >= 15 is 0 Å². The highest BCUT2D eigenvalue weighted by atomic mass is 32.2. The van der Waals surface area contributed by atoms with Crippen LogP contribution in [0.15, 0.2) is 29.2 Å². The number of hydrogen-bond donors (Lipinski definition) is 0. The van der Waals surface area contributed by atoms with Gasteiger partial charge in [0.05, 0.1) is 6.54 Å². The number of thioether (sulfide) groups is 1. The van der Waals surface area contributed by atoms with E-state index in [1.54, 1.807) is 11.8 Å². The summed E-state index contributed by atoms with van der Waals surface area (Å²) < 4.78 is 0. The van der Waals surface area contributed by atoms with E-state index in [0.29, 0.717) is 6.54 Å². The molecule has 0 aliphatic rings. The molecule has 0 fully saturated rings. The van der Waals surface area contributed by atoms with Gasteiger partial charge in [-0.3, -0.25) is 9.69 Å². The fraction of sp³-hybridized carbons (Fsp3) is 0.588. The Morgan fingerprint density at radius 2 is 1.62 bits per heavy atom. The molecule has 0 unspecified atom stereocenters. The van der Waals surface area contributed by atoms with Crippen molar-refractivity contribution >= 4 is 17.7 Å². The SMILES string of the molecule is CSc1ccc(CN(C)CC(=O)N(C(C)C)C(C)C)cc1. The molecule has 0 aliphatic carbocycles. The van der Waals surface area contributed by atoms with Gasteiger partial charge >= 0.3 is 0 Å². The maximum absolute atomic E-state index is 12.4. The first-order valence-electron chi connectivity index (χ1n) is 7.47. The molecule has 118 valence electrons. The van der Waals surface area contributed by atoms with Crippen LogP contribution < -0.4 is 0 Å². The van der Waals surface area contributed by atoms with Crippen molar-refractivity contribution < 1.29 is 4.79 Å². The van der Waals surface area contributed by atoms with Crippen LogP contribution in [0.3, 0.4) is 0 Å². The van der Waals surface area contributed by atoms with Crippen molar-refractivity contribution in [1.82, 2.24) is 9.80 Å². The predicted molar refractivity (Wildman–Crippen MR) is 91.7 cm³/mol. The van der Waals surface area contributed by atoms with Gasteiger partial charge in [0.25, 0.3) is 0 Å². The first kappa shape index (κ1) is 18.1. The quantitative estimate of drug-likeness (QED) is 0.721. The molecule has 1 aromatic rings. The van der Waals surface area contributed by atoms with Crippen molar-refractivity contribution in [2.45, 2.75) is 51.2 Å². The van der Waals surface area contributed by atoms with Crippen LogP contribution in [0.5, 0.6) is 0 Å². The predicted octanol–water partition coefficient (Wildman–Crippen LogP) is 3.49. The van der Waals surface area contributed by atoms with E-state index in [1.165, 1.54) is 10.5 Å². The smallest absolute Gasteiger partial charge is 0.237 e. The van der Waals surface area contributed by atoms with Crippen molar-refractivity contribution in [2.24, 2.45) is 0 Å². The second kappa shape index (κ2) is 8.44. The van der Waals surface area contributed by atoms with Crippen molar-refractivity contribution in [3.8, 4) is 0 Å². The fourth-order valence-electron chi connectivity index (χ4n) is 2.58. The number of benzene rings is 1. The van der Waals surface area contributed by atoms with Crippen LogP contribution in [0.25, 0.3) is 0 Å². The number of likely N-dealkylation sites (N-methyl/N-ethyl adjacent to an activating group) is 1. The molecule has 0 aliphatic heterocycles. The van der Waals surface area contributed by atoms with Crippen molar-refractivity contribution in [3.63, 3.8) is 0 Å². The van der Waals surface area contributed by atoms with Gasteiger partial charge in [0, 0.05) is 23.5 Å². The summed E-state index contributed by atoms with van der Waals surface area (Å²) in [7, 11) is 2.00. The van der Waals surface area contributed by atoms with Crippen LogP contribution in [0.2, 0.25) is 0 Å². The minimum absolute atomic E-state index is 0.197. The number of hydrogen-bond acceptors (Lipinski definition) is 3. The molecule has 1 rings (SSSR count). The molecule has 0 heterocycles. The van der Waals surface area contributed by atoms with Gasteiger partial charge in [0.15, 0.2) is 0 Å². The van der Waals surface area contributed by atoms with Gasteiger partial charge < -0.3 is 4.90 Å². The molecule has 4 heteroatoms. The lowest BCUT2D eigenvalue weighted by Crippen LogP contribution is -2.46. The monoisotopic (exact) mass is 308 g/mol. The molecule has 0 saturated carbocycles. The summed E-state index contributed by atoms with van der Waals surface area (Å²) in [5.74, 6) is 0.197. The third-order valence-electron chi connectivity index (χ3n) is 3.42. The molecule has 0 spiro atoms. The standard InChI is InChI=1S/C17H28N2OS/c1-13(2)19(14(3)4)17(20)12-18(5)11-15-7-9-16(21-6)10-8-15/h7-10,13-14H,11-12H2,1-6H3. The molecule has 0 saturated heterocycles. The molecular weight excluding hydrogens is 280 g/mol. The molecule has 21 heavy (non-hydrogen) atoms. The van der Waals surface area contributed by atoms with Crippen molar-refractivity contribution in [3.05, 3.63) is 29.8 Å². The molecule has 3 nitrogen and oxygen atoms in total. The first-order valence-corrected chi connectivity index (χ1v) is 8.70. The van der Waals surface area contributed by atoms with Crippen LogP contribution in [0.4, 0.5) is 0 Å². The fourth-order valence-corrected chi connectivity index (χ4v) is 2.99. The number of rotatable bonds is 7. The molecule has 0 radical (unpaired) electrons. The third kappa shape index (κ3) is 5.71. The Morgan fingerprint density at radius 3 is 2.05 bits per heavy atom. The van der Waals surface area contributed by atoms with E-state index in [-0.39, 0.29) is 18.0 Å². The van der Waals surface area contributed by atoms with E-state index < -0.39 is 0 Å². The normalized spacial score (nSPS) is 11.5. The minimum atomic E-state index is 0.197.